The first-order valence-electron chi connectivity index (χ1n) is 8.53. The van der Waals surface area contributed by atoms with E-state index in [0.717, 1.165) is 24.2 Å². The number of nitrogens with two attached hydrogens (primary N) is 1. The van der Waals surface area contributed by atoms with Gasteiger partial charge in [0.05, 0.1) is 18.7 Å². The fourth-order valence-electron chi connectivity index (χ4n) is 2.87. The van der Waals surface area contributed by atoms with Crippen LogP contribution in [-0.2, 0) is 4.79 Å². The maximum Gasteiger partial charge on any atom is 0.258 e. The van der Waals surface area contributed by atoms with Crippen molar-refractivity contribution < 1.29 is 19.1 Å². The largest absolute Gasteiger partial charge is 0.497 e. The van der Waals surface area contributed by atoms with Crippen molar-refractivity contribution in [2.45, 2.75) is 18.9 Å². The summed E-state index contributed by atoms with van der Waals surface area (Å²) in [6, 6.07) is 14.3. The molecule has 0 aliphatic heterocycles. The lowest BCUT2D eigenvalue weighted by Crippen LogP contribution is -2.34. The summed E-state index contributed by atoms with van der Waals surface area (Å²) in [5, 5.41) is 3.03. The van der Waals surface area contributed by atoms with Crippen LogP contribution in [0, 0.1) is 5.92 Å². The third-order valence-corrected chi connectivity index (χ3v) is 4.40. The van der Waals surface area contributed by atoms with E-state index in [4.69, 9.17) is 15.2 Å². The van der Waals surface area contributed by atoms with Gasteiger partial charge >= 0.3 is 0 Å². The van der Waals surface area contributed by atoms with Crippen molar-refractivity contribution in [3.8, 4) is 11.5 Å². The number of primary amides is 1. The lowest BCUT2D eigenvalue weighted by atomic mass is 10.0. The summed E-state index contributed by atoms with van der Waals surface area (Å²) in [7, 11) is 1.62. The number of hydrogen-bond donors (Lipinski definition) is 2. The maximum absolute atomic E-state index is 12.4. The molecule has 6 heteroatoms. The van der Waals surface area contributed by atoms with Gasteiger partial charge in [0.1, 0.15) is 11.5 Å². The van der Waals surface area contributed by atoms with Crippen LogP contribution in [0.5, 0.6) is 11.5 Å². The van der Waals surface area contributed by atoms with Crippen molar-refractivity contribution in [1.29, 1.82) is 0 Å². The fraction of sp³-hybridized carbons (Fsp3) is 0.300. The Balaban J connectivity index is 1.63. The van der Waals surface area contributed by atoms with Crippen molar-refractivity contribution in [1.82, 2.24) is 5.32 Å². The number of para-hydroxylation sites is 1. The van der Waals surface area contributed by atoms with E-state index < -0.39 is 5.91 Å². The van der Waals surface area contributed by atoms with E-state index >= 15 is 0 Å². The third-order valence-electron chi connectivity index (χ3n) is 4.40. The fourth-order valence-corrected chi connectivity index (χ4v) is 2.87. The van der Waals surface area contributed by atoms with Crippen LogP contribution in [0.25, 0.3) is 0 Å². The van der Waals surface area contributed by atoms with E-state index in [9.17, 15) is 9.59 Å². The normalized spacial score (nSPS) is 14.3. The van der Waals surface area contributed by atoms with E-state index in [1.54, 1.807) is 31.4 Å². The minimum atomic E-state index is -0.588. The molecule has 3 N–H and O–H groups in total. The lowest BCUT2D eigenvalue weighted by Gasteiger charge is -2.19. The molecule has 3 rings (SSSR count). The SMILES string of the molecule is COc1ccc(C(NC(=O)COc2ccccc2C(N)=O)C2CC2)cc1. The molecule has 0 saturated heterocycles. The molecule has 26 heavy (non-hydrogen) atoms. The van der Waals surface area contributed by atoms with Crippen molar-refractivity contribution in [2.75, 3.05) is 13.7 Å². The summed E-state index contributed by atoms with van der Waals surface area (Å²) in [4.78, 5) is 23.8. The van der Waals surface area contributed by atoms with E-state index in [0.29, 0.717) is 11.7 Å². The van der Waals surface area contributed by atoms with Crippen LogP contribution in [0.3, 0.4) is 0 Å². The molecule has 0 spiro atoms. The number of carbonyl (C=O) groups excluding carboxylic acids is 2. The second-order valence-corrected chi connectivity index (χ2v) is 6.30. The summed E-state index contributed by atoms with van der Waals surface area (Å²) in [5.41, 5.74) is 6.62. The smallest absolute Gasteiger partial charge is 0.258 e. The van der Waals surface area contributed by atoms with Gasteiger partial charge in [-0.2, -0.15) is 0 Å². The van der Waals surface area contributed by atoms with Gasteiger partial charge in [-0.25, -0.2) is 0 Å². The maximum atomic E-state index is 12.4. The Morgan fingerprint density at radius 2 is 1.85 bits per heavy atom. The van der Waals surface area contributed by atoms with Crippen molar-refractivity contribution in [2.24, 2.45) is 11.7 Å². The molecule has 1 fully saturated rings. The molecule has 0 heterocycles. The first-order valence-corrected chi connectivity index (χ1v) is 8.53. The third kappa shape index (κ3) is 4.33. The van der Waals surface area contributed by atoms with E-state index in [-0.39, 0.29) is 24.1 Å². The van der Waals surface area contributed by atoms with Crippen molar-refractivity contribution >= 4 is 11.8 Å². The monoisotopic (exact) mass is 354 g/mol. The van der Waals surface area contributed by atoms with Gasteiger partial charge in [0.2, 0.25) is 0 Å². The van der Waals surface area contributed by atoms with Gasteiger partial charge in [-0.05, 0) is 48.6 Å². The molecule has 0 bridgehead atoms. The molecule has 0 aromatic heterocycles. The topological polar surface area (TPSA) is 90.7 Å². The van der Waals surface area contributed by atoms with Crippen LogP contribution in [0.2, 0.25) is 0 Å². The Morgan fingerprint density at radius 1 is 1.15 bits per heavy atom. The predicted octanol–water partition coefficient (Wildman–Crippen LogP) is 2.44. The molecule has 2 amide bonds. The van der Waals surface area contributed by atoms with Crippen LogP contribution >= 0.6 is 0 Å². The Kier molecular flexibility index (Phi) is 5.41. The van der Waals surface area contributed by atoms with Gasteiger partial charge in [0, 0.05) is 0 Å². The highest BCUT2D eigenvalue weighted by molar-refractivity contribution is 5.95. The average molecular weight is 354 g/mol. The molecule has 6 nitrogen and oxygen atoms in total. The number of carbonyl (C=O) groups is 2. The zero-order valence-corrected chi connectivity index (χ0v) is 14.6. The summed E-state index contributed by atoms with van der Waals surface area (Å²) < 4.78 is 10.7. The van der Waals surface area contributed by atoms with Gasteiger partial charge in [0.15, 0.2) is 6.61 Å². The molecule has 2 aromatic rings. The van der Waals surface area contributed by atoms with Gasteiger partial charge in [-0.3, -0.25) is 9.59 Å². The molecular weight excluding hydrogens is 332 g/mol. The molecule has 1 aliphatic rings. The van der Waals surface area contributed by atoms with Crippen LogP contribution in [0.15, 0.2) is 48.5 Å². The highest BCUT2D eigenvalue weighted by Crippen LogP contribution is 2.41. The number of amides is 2. The lowest BCUT2D eigenvalue weighted by molar-refractivity contribution is -0.124. The molecule has 1 aliphatic carbocycles. The molecule has 0 radical (unpaired) electrons. The van der Waals surface area contributed by atoms with Crippen molar-refractivity contribution in [3.05, 3.63) is 59.7 Å². The average Bonchev–Trinajstić information content (AvgIpc) is 3.50. The number of ether oxygens (including phenoxy) is 2. The number of methoxy groups -OCH3 is 1. The Labute approximate surface area is 152 Å². The second-order valence-electron chi connectivity index (χ2n) is 6.30. The number of nitrogens with one attached hydrogen (secondary N) is 1. The summed E-state index contributed by atoms with van der Waals surface area (Å²) in [6.45, 7) is -0.177. The Hall–Kier alpha value is -3.02. The second kappa shape index (κ2) is 7.91. The molecule has 1 atom stereocenters. The zero-order chi connectivity index (χ0) is 18.5. The Morgan fingerprint density at radius 3 is 2.46 bits per heavy atom. The quantitative estimate of drug-likeness (QED) is 0.762. The van der Waals surface area contributed by atoms with E-state index in [1.807, 2.05) is 24.3 Å². The molecular formula is C20H22N2O4. The zero-order valence-electron chi connectivity index (χ0n) is 14.6. The highest BCUT2D eigenvalue weighted by atomic mass is 16.5. The van der Waals surface area contributed by atoms with Crippen LogP contribution in [0.4, 0.5) is 0 Å². The van der Waals surface area contributed by atoms with Gasteiger partial charge in [-0.15, -0.1) is 0 Å². The van der Waals surface area contributed by atoms with E-state index in [2.05, 4.69) is 5.32 Å². The van der Waals surface area contributed by atoms with Crippen LogP contribution in [0.1, 0.15) is 34.8 Å². The minimum Gasteiger partial charge on any atom is -0.497 e. The van der Waals surface area contributed by atoms with E-state index in [1.165, 1.54) is 0 Å². The summed E-state index contributed by atoms with van der Waals surface area (Å²) >= 11 is 0. The summed E-state index contributed by atoms with van der Waals surface area (Å²) in [6.07, 6.45) is 2.17. The van der Waals surface area contributed by atoms with Crippen molar-refractivity contribution in [3.63, 3.8) is 0 Å². The first-order chi connectivity index (χ1) is 12.6. The molecule has 1 unspecified atom stereocenters. The Bertz CT molecular complexity index is 785. The number of hydrogen-bond acceptors (Lipinski definition) is 4. The highest BCUT2D eigenvalue weighted by Gasteiger charge is 2.33. The minimum absolute atomic E-state index is 0.0524. The van der Waals surface area contributed by atoms with Crippen LogP contribution in [-0.4, -0.2) is 25.5 Å². The van der Waals surface area contributed by atoms with Gasteiger partial charge in [0.25, 0.3) is 11.8 Å². The van der Waals surface area contributed by atoms with Gasteiger partial charge in [-0.1, -0.05) is 24.3 Å². The molecule has 1 saturated carbocycles. The molecule has 2 aromatic carbocycles. The number of rotatable bonds is 8. The summed E-state index contributed by atoms with van der Waals surface area (Å²) in [5.74, 6) is 0.695. The molecule has 136 valence electrons. The van der Waals surface area contributed by atoms with Gasteiger partial charge < -0.3 is 20.5 Å². The predicted molar refractivity (Wildman–Crippen MR) is 97.1 cm³/mol. The van der Waals surface area contributed by atoms with Crippen LogP contribution < -0.4 is 20.5 Å². The standard InChI is InChI=1S/C20H22N2O4/c1-25-15-10-8-14(9-11-15)19(13-6-7-13)22-18(23)12-26-17-5-3-2-4-16(17)20(21)24/h2-5,8-11,13,19H,6-7,12H2,1H3,(H2,21,24)(H,22,23). The number of benzene rings is 2. The first kappa shape index (κ1) is 17.8.